The molecule has 8 heteroatoms. The van der Waals surface area contributed by atoms with Crippen molar-refractivity contribution < 1.29 is 33.3 Å². The van der Waals surface area contributed by atoms with Crippen LogP contribution in [0.4, 0.5) is 0 Å². The molecule has 2 bridgehead atoms. The van der Waals surface area contributed by atoms with Crippen molar-refractivity contribution in [3.63, 3.8) is 0 Å². The van der Waals surface area contributed by atoms with Gasteiger partial charge in [0.1, 0.15) is 17.4 Å². The summed E-state index contributed by atoms with van der Waals surface area (Å²) >= 11 is 0. The van der Waals surface area contributed by atoms with Crippen LogP contribution in [0.25, 0.3) is 0 Å². The van der Waals surface area contributed by atoms with Crippen LogP contribution in [0.1, 0.15) is 22.8 Å². The minimum absolute atomic E-state index is 0.495. The van der Waals surface area contributed by atoms with Crippen LogP contribution in [-0.2, 0) is 29.4 Å². The van der Waals surface area contributed by atoms with E-state index in [0.717, 1.165) is 11.1 Å². The number of carbonyl (C=O) groups excluding carboxylic acids is 2. The maximum absolute atomic E-state index is 12.9. The Morgan fingerprint density at radius 2 is 1.59 bits per heavy atom. The number of pyridine rings is 1. The number of carbonyl (C=O) groups is 2. The molecule has 0 N–H and O–H groups in total. The Labute approximate surface area is 167 Å². The number of hydrogen-bond acceptors (Lipinski definition) is 8. The van der Waals surface area contributed by atoms with Crippen LogP contribution >= 0.6 is 0 Å². The number of rotatable bonds is 5. The highest BCUT2D eigenvalue weighted by molar-refractivity contribution is 5.87. The minimum atomic E-state index is -1.24. The first-order valence-corrected chi connectivity index (χ1v) is 9.03. The topological polar surface area (TPSA) is 93.2 Å². The molecular weight excluding hydrogens is 378 g/mol. The number of methoxy groups -OCH3 is 4. The van der Waals surface area contributed by atoms with E-state index in [1.807, 2.05) is 0 Å². The van der Waals surface area contributed by atoms with Crippen molar-refractivity contribution in [3.05, 3.63) is 53.3 Å². The number of esters is 2. The lowest BCUT2D eigenvalue weighted by molar-refractivity contribution is -0.158. The van der Waals surface area contributed by atoms with Gasteiger partial charge in [0.2, 0.25) is 0 Å². The average molecular weight is 399 g/mol. The zero-order valence-electron chi connectivity index (χ0n) is 16.5. The lowest BCUT2D eigenvalue weighted by Crippen LogP contribution is -2.45. The molecule has 2 aliphatic rings. The first kappa shape index (κ1) is 19.2. The summed E-state index contributed by atoms with van der Waals surface area (Å²) in [6, 6.07) is 7.10. The molecule has 3 heterocycles. The maximum atomic E-state index is 12.9. The Kier molecular flexibility index (Phi) is 4.66. The molecule has 0 aliphatic carbocycles. The third-order valence-electron chi connectivity index (χ3n) is 5.74. The minimum Gasteiger partial charge on any atom is -0.493 e. The second-order valence-electron chi connectivity index (χ2n) is 6.85. The molecule has 1 aromatic carbocycles. The number of ether oxygens (including phenoxy) is 5. The number of hydrogen-bond donors (Lipinski definition) is 0. The quantitative estimate of drug-likeness (QED) is 0.705. The van der Waals surface area contributed by atoms with Gasteiger partial charge in [-0.2, -0.15) is 0 Å². The van der Waals surface area contributed by atoms with Gasteiger partial charge in [-0.15, -0.1) is 0 Å². The molecule has 1 fully saturated rings. The van der Waals surface area contributed by atoms with Gasteiger partial charge in [-0.1, -0.05) is 0 Å². The van der Waals surface area contributed by atoms with Crippen molar-refractivity contribution in [3.8, 4) is 11.5 Å². The standard InChI is InChI=1S/C21H21NO7/c1-25-14-9-12-13(10-15(14)26-2)21(11-5-7-22-8-6-11)17(20(24)28-4)16(18(12)29-21)19(23)27-3/h5-10,16-18H,1-4H3/t16-,17+,18+,21-/m0/s1. The second kappa shape index (κ2) is 7.04. The summed E-state index contributed by atoms with van der Waals surface area (Å²) < 4.78 is 27.4. The Bertz CT molecular complexity index is 961. The second-order valence-corrected chi connectivity index (χ2v) is 6.85. The van der Waals surface area contributed by atoms with Gasteiger partial charge in [-0.25, -0.2) is 0 Å². The van der Waals surface area contributed by atoms with Gasteiger partial charge < -0.3 is 23.7 Å². The summed E-state index contributed by atoms with van der Waals surface area (Å²) in [5, 5.41) is 0. The predicted octanol–water partition coefficient (Wildman–Crippen LogP) is 2.01. The summed E-state index contributed by atoms with van der Waals surface area (Å²) in [7, 11) is 5.65. The lowest BCUT2D eigenvalue weighted by Gasteiger charge is -2.35. The van der Waals surface area contributed by atoms with Crippen molar-refractivity contribution in [1.82, 2.24) is 4.98 Å². The molecule has 29 heavy (non-hydrogen) atoms. The normalized spacial score (nSPS) is 26.6. The molecule has 1 saturated heterocycles. The van der Waals surface area contributed by atoms with Crippen LogP contribution in [0.3, 0.4) is 0 Å². The fourth-order valence-electron chi connectivity index (χ4n) is 4.55. The van der Waals surface area contributed by atoms with Gasteiger partial charge in [0.25, 0.3) is 0 Å². The van der Waals surface area contributed by atoms with Crippen LogP contribution in [0.2, 0.25) is 0 Å². The fraction of sp³-hybridized carbons (Fsp3) is 0.381. The summed E-state index contributed by atoms with van der Waals surface area (Å²) in [6.07, 6.45) is 2.52. The Morgan fingerprint density at radius 3 is 2.17 bits per heavy atom. The van der Waals surface area contributed by atoms with Gasteiger partial charge in [0, 0.05) is 12.4 Å². The van der Waals surface area contributed by atoms with E-state index in [0.29, 0.717) is 17.1 Å². The van der Waals surface area contributed by atoms with Gasteiger partial charge in [0.05, 0.1) is 34.5 Å². The predicted molar refractivity (Wildman–Crippen MR) is 99.4 cm³/mol. The molecule has 152 valence electrons. The Hall–Kier alpha value is -3.13. The van der Waals surface area contributed by atoms with E-state index < -0.39 is 35.5 Å². The largest absolute Gasteiger partial charge is 0.493 e. The van der Waals surface area contributed by atoms with Gasteiger partial charge in [-0.05, 0) is 41.0 Å². The van der Waals surface area contributed by atoms with E-state index in [-0.39, 0.29) is 0 Å². The first-order valence-electron chi connectivity index (χ1n) is 9.03. The van der Waals surface area contributed by atoms with Crippen molar-refractivity contribution in [1.29, 1.82) is 0 Å². The number of aromatic nitrogens is 1. The fourth-order valence-corrected chi connectivity index (χ4v) is 4.55. The highest BCUT2D eigenvalue weighted by Crippen LogP contribution is 2.65. The van der Waals surface area contributed by atoms with Crippen LogP contribution in [0.5, 0.6) is 11.5 Å². The smallest absolute Gasteiger partial charge is 0.313 e. The highest BCUT2D eigenvalue weighted by Gasteiger charge is 2.68. The van der Waals surface area contributed by atoms with Gasteiger partial charge in [-0.3, -0.25) is 14.6 Å². The molecule has 0 amide bonds. The maximum Gasteiger partial charge on any atom is 0.313 e. The Morgan fingerprint density at radius 1 is 0.966 bits per heavy atom. The zero-order chi connectivity index (χ0) is 20.8. The lowest BCUT2D eigenvalue weighted by atomic mass is 9.66. The molecule has 4 atom stereocenters. The number of benzene rings is 1. The van der Waals surface area contributed by atoms with Crippen LogP contribution in [0.15, 0.2) is 36.7 Å². The summed E-state index contributed by atoms with van der Waals surface area (Å²) in [5.41, 5.74) is 0.913. The van der Waals surface area contributed by atoms with Gasteiger partial charge in [0.15, 0.2) is 11.5 Å². The molecule has 0 unspecified atom stereocenters. The van der Waals surface area contributed by atoms with Crippen molar-refractivity contribution in [2.75, 3.05) is 28.4 Å². The Balaban J connectivity index is 2.04. The average Bonchev–Trinajstić information content (AvgIpc) is 3.30. The third kappa shape index (κ3) is 2.52. The third-order valence-corrected chi connectivity index (χ3v) is 5.74. The van der Waals surface area contributed by atoms with E-state index in [2.05, 4.69) is 4.98 Å². The van der Waals surface area contributed by atoms with E-state index in [9.17, 15) is 9.59 Å². The molecule has 2 aromatic rings. The zero-order valence-corrected chi connectivity index (χ0v) is 16.5. The number of nitrogens with zero attached hydrogens (tertiary/aromatic N) is 1. The van der Waals surface area contributed by atoms with Gasteiger partial charge >= 0.3 is 11.9 Å². The van der Waals surface area contributed by atoms with Crippen LogP contribution in [-0.4, -0.2) is 45.4 Å². The molecule has 2 aliphatic heterocycles. The van der Waals surface area contributed by atoms with E-state index >= 15 is 0 Å². The van der Waals surface area contributed by atoms with E-state index in [4.69, 9.17) is 23.7 Å². The molecule has 0 spiro atoms. The van der Waals surface area contributed by atoms with Crippen LogP contribution < -0.4 is 9.47 Å². The van der Waals surface area contributed by atoms with E-state index in [1.54, 1.807) is 36.7 Å². The molecular formula is C21H21NO7. The molecule has 4 rings (SSSR count). The van der Waals surface area contributed by atoms with Crippen molar-refractivity contribution in [2.24, 2.45) is 11.8 Å². The highest BCUT2D eigenvalue weighted by atomic mass is 16.6. The van der Waals surface area contributed by atoms with Crippen molar-refractivity contribution >= 4 is 11.9 Å². The molecule has 1 aromatic heterocycles. The summed E-state index contributed by atoms with van der Waals surface area (Å²) in [6.45, 7) is 0. The SMILES string of the molecule is COC(=O)[C@@H]1[C@@H]2O[C@@](c3ccncc3)(c3cc(OC)c(OC)cc32)[C@H]1C(=O)OC. The van der Waals surface area contributed by atoms with E-state index in [1.165, 1.54) is 28.4 Å². The van der Waals surface area contributed by atoms with Crippen LogP contribution in [0, 0.1) is 11.8 Å². The molecule has 0 saturated carbocycles. The monoisotopic (exact) mass is 399 g/mol. The molecule has 0 radical (unpaired) electrons. The number of fused-ring (bicyclic) bond motifs is 5. The summed E-state index contributed by atoms with van der Waals surface area (Å²) in [5.74, 6) is -1.90. The molecule has 8 nitrogen and oxygen atoms in total. The first-order chi connectivity index (χ1) is 14.0. The van der Waals surface area contributed by atoms with Crippen molar-refractivity contribution in [2.45, 2.75) is 11.7 Å². The summed E-state index contributed by atoms with van der Waals surface area (Å²) in [4.78, 5) is 29.7.